The highest BCUT2D eigenvalue weighted by atomic mass is 35.5. The summed E-state index contributed by atoms with van der Waals surface area (Å²) >= 11 is 6.32. The van der Waals surface area contributed by atoms with Crippen molar-refractivity contribution in [3.63, 3.8) is 0 Å². The van der Waals surface area contributed by atoms with Gasteiger partial charge in [-0.25, -0.2) is 8.42 Å². The Bertz CT molecular complexity index is 658. The molecule has 0 aliphatic rings. The number of hydrogen-bond donors (Lipinski definition) is 1. The van der Waals surface area contributed by atoms with Crippen LogP contribution in [0.25, 0.3) is 0 Å². The van der Waals surface area contributed by atoms with Gasteiger partial charge in [0.2, 0.25) is 5.91 Å². The number of nitrogens with zero attached hydrogens (tertiary/aromatic N) is 1. The molecule has 0 saturated carbocycles. The number of hydrogen-bond acceptors (Lipinski definition) is 4. The first-order chi connectivity index (χ1) is 11.7. The van der Waals surface area contributed by atoms with Crippen LogP contribution < -0.4 is 5.32 Å². The lowest BCUT2D eigenvalue weighted by molar-refractivity contribution is -0.118. The minimum absolute atomic E-state index is 0.00403. The van der Waals surface area contributed by atoms with E-state index in [-0.39, 0.29) is 17.7 Å². The Morgan fingerprint density at radius 1 is 1.20 bits per heavy atom. The van der Waals surface area contributed by atoms with Gasteiger partial charge in [-0.15, -0.1) is 0 Å². The van der Waals surface area contributed by atoms with Gasteiger partial charge in [0.25, 0.3) is 0 Å². The Morgan fingerprint density at radius 3 is 2.32 bits per heavy atom. The van der Waals surface area contributed by atoms with Crippen LogP contribution in [-0.4, -0.2) is 50.4 Å². The number of amides is 1. The summed E-state index contributed by atoms with van der Waals surface area (Å²) in [5.74, 6) is -0.919. The Labute approximate surface area is 156 Å². The van der Waals surface area contributed by atoms with Crippen molar-refractivity contribution in [3.8, 4) is 0 Å². The van der Waals surface area contributed by atoms with Gasteiger partial charge < -0.3 is 5.32 Å². The first-order valence-electron chi connectivity index (χ1n) is 8.65. The molecule has 0 bridgehead atoms. The molecule has 1 N–H and O–H groups in total. The largest absolute Gasteiger partial charge is 0.353 e. The SMILES string of the molecule is CCN(CC)C(CNC(=O)CS(=O)(=O)CC(C)C)c1ccccc1Cl. The van der Waals surface area contributed by atoms with E-state index in [0.717, 1.165) is 18.7 Å². The average molecular weight is 389 g/mol. The standard InChI is InChI=1S/C18H29ClN2O3S/c1-5-21(6-2)17(15-9-7-8-10-16(15)19)11-20-18(22)13-25(23,24)12-14(3)4/h7-10,14,17H,5-6,11-13H2,1-4H3,(H,20,22). The van der Waals surface area contributed by atoms with E-state index < -0.39 is 21.5 Å². The molecule has 0 aliphatic heterocycles. The Hall–Kier alpha value is -1.11. The van der Waals surface area contributed by atoms with E-state index in [2.05, 4.69) is 10.2 Å². The number of rotatable bonds is 10. The molecular formula is C18H29ClN2O3S. The molecule has 7 heteroatoms. The molecule has 25 heavy (non-hydrogen) atoms. The van der Waals surface area contributed by atoms with Crippen molar-refractivity contribution in [1.82, 2.24) is 10.2 Å². The van der Waals surface area contributed by atoms with E-state index in [9.17, 15) is 13.2 Å². The fourth-order valence-electron chi connectivity index (χ4n) is 2.87. The molecule has 1 amide bonds. The zero-order valence-corrected chi connectivity index (χ0v) is 17.0. The summed E-state index contributed by atoms with van der Waals surface area (Å²) in [6.45, 7) is 9.65. The van der Waals surface area contributed by atoms with Crippen LogP contribution in [0.3, 0.4) is 0 Å². The molecule has 1 atom stereocenters. The van der Waals surface area contributed by atoms with Crippen molar-refractivity contribution in [2.45, 2.75) is 33.7 Å². The van der Waals surface area contributed by atoms with Crippen molar-refractivity contribution in [3.05, 3.63) is 34.9 Å². The van der Waals surface area contributed by atoms with E-state index >= 15 is 0 Å². The van der Waals surface area contributed by atoms with Crippen molar-refractivity contribution in [2.75, 3.05) is 31.1 Å². The van der Waals surface area contributed by atoms with Gasteiger partial charge in [-0.05, 0) is 30.6 Å². The van der Waals surface area contributed by atoms with Crippen LogP contribution in [0.4, 0.5) is 0 Å². The highest BCUT2D eigenvalue weighted by Crippen LogP contribution is 2.26. The third-order valence-corrected chi connectivity index (χ3v) is 6.17. The molecule has 1 rings (SSSR count). The lowest BCUT2D eigenvalue weighted by atomic mass is 10.0. The lowest BCUT2D eigenvalue weighted by Gasteiger charge is -2.31. The highest BCUT2D eigenvalue weighted by molar-refractivity contribution is 7.92. The van der Waals surface area contributed by atoms with Crippen LogP contribution in [0.1, 0.15) is 39.3 Å². The van der Waals surface area contributed by atoms with Crippen LogP contribution in [-0.2, 0) is 14.6 Å². The Kier molecular flexibility index (Phi) is 8.89. The van der Waals surface area contributed by atoms with Gasteiger partial charge in [-0.2, -0.15) is 0 Å². The number of carbonyl (C=O) groups is 1. The summed E-state index contributed by atoms with van der Waals surface area (Å²) in [5.41, 5.74) is 0.929. The zero-order valence-electron chi connectivity index (χ0n) is 15.5. The quantitative estimate of drug-likeness (QED) is 0.669. The van der Waals surface area contributed by atoms with Crippen LogP contribution >= 0.6 is 11.6 Å². The zero-order chi connectivity index (χ0) is 19.0. The molecule has 142 valence electrons. The van der Waals surface area contributed by atoms with Crippen molar-refractivity contribution >= 4 is 27.3 Å². The van der Waals surface area contributed by atoms with Gasteiger partial charge in [0.1, 0.15) is 5.75 Å². The van der Waals surface area contributed by atoms with E-state index in [0.29, 0.717) is 11.6 Å². The molecule has 0 fully saturated rings. The molecule has 0 spiro atoms. The van der Waals surface area contributed by atoms with Crippen LogP contribution in [0.2, 0.25) is 5.02 Å². The molecule has 5 nitrogen and oxygen atoms in total. The predicted octanol–water partition coefficient (Wildman–Crippen LogP) is 2.91. The minimum atomic E-state index is -3.38. The third kappa shape index (κ3) is 7.34. The minimum Gasteiger partial charge on any atom is -0.353 e. The smallest absolute Gasteiger partial charge is 0.235 e. The van der Waals surface area contributed by atoms with Crippen LogP contribution in [0.5, 0.6) is 0 Å². The monoisotopic (exact) mass is 388 g/mol. The third-order valence-electron chi connectivity index (χ3n) is 3.95. The second kappa shape index (κ2) is 10.1. The summed E-state index contributed by atoms with van der Waals surface area (Å²) in [5, 5.41) is 3.41. The first-order valence-corrected chi connectivity index (χ1v) is 10.9. The van der Waals surface area contributed by atoms with Gasteiger partial charge in [0, 0.05) is 11.6 Å². The topological polar surface area (TPSA) is 66.5 Å². The maximum absolute atomic E-state index is 12.1. The number of nitrogens with one attached hydrogen (secondary N) is 1. The summed E-state index contributed by atoms with van der Waals surface area (Å²) in [7, 11) is -3.38. The summed E-state index contributed by atoms with van der Waals surface area (Å²) in [6, 6.07) is 7.44. The number of sulfone groups is 1. The molecule has 1 unspecified atom stereocenters. The molecular weight excluding hydrogens is 360 g/mol. The molecule has 1 aromatic rings. The Morgan fingerprint density at radius 2 is 1.80 bits per heavy atom. The van der Waals surface area contributed by atoms with Crippen molar-refractivity contribution < 1.29 is 13.2 Å². The molecule has 0 heterocycles. The first kappa shape index (κ1) is 21.9. The van der Waals surface area contributed by atoms with E-state index in [1.165, 1.54) is 0 Å². The number of halogens is 1. The van der Waals surface area contributed by atoms with Gasteiger partial charge in [-0.3, -0.25) is 9.69 Å². The summed E-state index contributed by atoms with van der Waals surface area (Å²) in [6.07, 6.45) is 0. The van der Waals surface area contributed by atoms with E-state index in [1.54, 1.807) is 0 Å². The second-order valence-electron chi connectivity index (χ2n) is 6.51. The van der Waals surface area contributed by atoms with Gasteiger partial charge >= 0.3 is 0 Å². The fourth-order valence-corrected chi connectivity index (χ4v) is 4.77. The fraction of sp³-hybridized carbons (Fsp3) is 0.611. The predicted molar refractivity (Wildman–Crippen MR) is 104 cm³/mol. The van der Waals surface area contributed by atoms with Crippen molar-refractivity contribution in [2.24, 2.45) is 5.92 Å². The summed E-state index contributed by atoms with van der Waals surface area (Å²) in [4.78, 5) is 14.3. The average Bonchev–Trinajstić information content (AvgIpc) is 2.50. The number of likely N-dealkylation sites (N-methyl/N-ethyl adjacent to an activating group) is 1. The maximum atomic E-state index is 12.1. The van der Waals surface area contributed by atoms with Crippen LogP contribution in [0, 0.1) is 5.92 Å². The molecule has 0 aromatic heterocycles. The molecule has 0 saturated heterocycles. The van der Waals surface area contributed by atoms with Gasteiger partial charge in [0.15, 0.2) is 9.84 Å². The second-order valence-corrected chi connectivity index (χ2v) is 9.03. The van der Waals surface area contributed by atoms with Crippen molar-refractivity contribution in [1.29, 1.82) is 0 Å². The van der Waals surface area contributed by atoms with Gasteiger partial charge in [-0.1, -0.05) is 57.5 Å². The number of benzene rings is 1. The summed E-state index contributed by atoms with van der Waals surface area (Å²) < 4.78 is 23.9. The molecule has 1 aromatic carbocycles. The molecule has 0 radical (unpaired) electrons. The van der Waals surface area contributed by atoms with E-state index in [1.807, 2.05) is 52.0 Å². The highest BCUT2D eigenvalue weighted by Gasteiger charge is 2.23. The Balaban J connectivity index is 2.83. The maximum Gasteiger partial charge on any atom is 0.235 e. The van der Waals surface area contributed by atoms with Gasteiger partial charge in [0.05, 0.1) is 11.8 Å². The van der Waals surface area contributed by atoms with Crippen LogP contribution in [0.15, 0.2) is 24.3 Å². The lowest BCUT2D eigenvalue weighted by Crippen LogP contribution is -2.40. The normalized spacial score (nSPS) is 13.2. The van der Waals surface area contributed by atoms with E-state index in [4.69, 9.17) is 11.6 Å². The molecule has 0 aliphatic carbocycles. The number of carbonyl (C=O) groups excluding carboxylic acids is 1.